The van der Waals surface area contributed by atoms with Gasteiger partial charge in [-0.05, 0) is 30.7 Å². The SMILES string of the molecule is Cc1cccc([N+](=O)[O-])c1NC(=O)COC(=O)/C=C/c1nc2ccccc2s1. The van der Waals surface area contributed by atoms with E-state index in [1.165, 1.54) is 35.6 Å². The Bertz CT molecular complexity index is 1060. The summed E-state index contributed by atoms with van der Waals surface area (Å²) in [6, 6.07) is 12.0. The second-order valence-corrected chi connectivity index (χ2v) is 6.80. The molecule has 0 bridgehead atoms. The standard InChI is InChI=1S/C19H15N3O5S/c1-12-5-4-7-14(22(25)26)19(12)21-16(23)11-27-18(24)10-9-17-20-13-6-2-3-8-15(13)28-17/h2-10H,11H2,1H3,(H,21,23)/b10-9+. The molecule has 0 aliphatic heterocycles. The molecule has 2 aromatic carbocycles. The van der Waals surface area contributed by atoms with Crippen molar-refractivity contribution < 1.29 is 19.2 Å². The third kappa shape index (κ3) is 4.57. The number of nitrogens with zero attached hydrogens (tertiary/aromatic N) is 2. The minimum absolute atomic E-state index is 0.0820. The maximum Gasteiger partial charge on any atom is 0.331 e. The van der Waals surface area contributed by atoms with Crippen LogP contribution in [-0.2, 0) is 14.3 Å². The number of aryl methyl sites for hydroxylation is 1. The number of nitro benzene ring substituents is 1. The molecule has 8 nitrogen and oxygen atoms in total. The van der Waals surface area contributed by atoms with E-state index >= 15 is 0 Å². The average Bonchev–Trinajstić information content (AvgIpc) is 3.09. The zero-order valence-corrected chi connectivity index (χ0v) is 15.6. The first-order valence-corrected chi connectivity index (χ1v) is 9.00. The Hall–Kier alpha value is -3.59. The monoisotopic (exact) mass is 397 g/mol. The number of benzene rings is 2. The number of esters is 1. The first-order valence-electron chi connectivity index (χ1n) is 8.18. The van der Waals surface area contributed by atoms with Gasteiger partial charge in [-0.25, -0.2) is 9.78 Å². The van der Waals surface area contributed by atoms with E-state index < -0.39 is 23.4 Å². The number of nitro groups is 1. The summed E-state index contributed by atoms with van der Waals surface area (Å²) in [5, 5.41) is 14.1. The van der Waals surface area contributed by atoms with Gasteiger partial charge in [0.25, 0.3) is 11.6 Å². The van der Waals surface area contributed by atoms with Crippen LogP contribution in [0.2, 0.25) is 0 Å². The maximum absolute atomic E-state index is 12.0. The first kappa shape index (κ1) is 19.2. The molecule has 3 rings (SSSR count). The van der Waals surface area contributed by atoms with Crippen LogP contribution in [0.1, 0.15) is 10.6 Å². The van der Waals surface area contributed by atoms with Gasteiger partial charge < -0.3 is 10.1 Å². The number of thiazole rings is 1. The van der Waals surface area contributed by atoms with Crippen molar-refractivity contribution in [2.45, 2.75) is 6.92 Å². The summed E-state index contributed by atoms with van der Waals surface area (Å²) in [7, 11) is 0. The third-order valence-corrected chi connectivity index (χ3v) is 4.73. The second kappa shape index (κ2) is 8.40. The van der Waals surface area contributed by atoms with E-state index in [2.05, 4.69) is 10.3 Å². The van der Waals surface area contributed by atoms with E-state index in [-0.39, 0.29) is 11.4 Å². The van der Waals surface area contributed by atoms with Gasteiger partial charge in [0.05, 0.1) is 15.1 Å². The molecule has 0 aliphatic carbocycles. The van der Waals surface area contributed by atoms with Crippen LogP contribution in [-0.4, -0.2) is 28.4 Å². The van der Waals surface area contributed by atoms with Gasteiger partial charge in [0.15, 0.2) is 6.61 Å². The van der Waals surface area contributed by atoms with Gasteiger partial charge in [-0.1, -0.05) is 24.3 Å². The highest BCUT2D eigenvalue weighted by Gasteiger charge is 2.18. The summed E-state index contributed by atoms with van der Waals surface area (Å²) in [4.78, 5) is 38.6. The van der Waals surface area contributed by atoms with Crippen LogP contribution >= 0.6 is 11.3 Å². The lowest BCUT2D eigenvalue weighted by Gasteiger charge is -2.08. The molecule has 1 aromatic heterocycles. The van der Waals surface area contributed by atoms with Gasteiger partial charge in [-0.3, -0.25) is 14.9 Å². The predicted molar refractivity (Wildman–Crippen MR) is 106 cm³/mol. The highest BCUT2D eigenvalue weighted by molar-refractivity contribution is 7.19. The Balaban J connectivity index is 1.57. The lowest BCUT2D eigenvalue weighted by Crippen LogP contribution is -2.21. The molecule has 0 spiro atoms. The van der Waals surface area contributed by atoms with Crippen molar-refractivity contribution in [3.8, 4) is 0 Å². The quantitative estimate of drug-likeness (QED) is 0.294. The van der Waals surface area contributed by atoms with Gasteiger partial charge in [-0.2, -0.15) is 0 Å². The number of carbonyl (C=O) groups excluding carboxylic acids is 2. The van der Waals surface area contributed by atoms with E-state index in [4.69, 9.17) is 4.74 Å². The highest BCUT2D eigenvalue weighted by Crippen LogP contribution is 2.27. The Labute approximate surface area is 163 Å². The molecule has 1 N–H and O–H groups in total. The summed E-state index contributed by atoms with van der Waals surface area (Å²) >= 11 is 1.42. The zero-order valence-electron chi connectivity index (χ0n) is 14.7. The number of carbonyl (C=O) groups is 2. The number of hydrogen-bond donors (Lipinski definition) is 1. The Kier molecular flexibility index (Phi) is 5.75. The molecule has 9 heteroatoms. The number of fused-ring (bicyclic) bond motifs is 1. The third-order valence-electron chi connectivity index (χ3n) is 3.73. The number of anilines is 1. The molecular weight excluding hydrogens is 382 g/mol. The summed E-state index contributed by atoms with van der Waals surface area (Å²) < 4.78 is 5.88. The number of hydrogen-bond acceptors (Lipinski definition) is 7. The number of rotatable bonds is 6. The van der Waals surface area contributed by atoms with Crippen molar-refractivity contribution in [1.82, 2.24) is 4.98 Å². The molecule has 1 amide bonds. The lowest BCUT2D eigenvalue weighted by atomic mass is 10.1. The minimum atomic E-state index is -0.714. The van der Waals surface area contributed by atoms with E-state index in [0.29, 0.717) is 10.6 Å². The van der Waals surface area contributed by atoms with Crippen LogP contribution in [0, 0.1) is 17.0 Å². The molecule has 28 heavy (non-hydrogen) atoms. The maximum atomic E-state index is 12.0. The van der Waals surface area contributed by atoms with Crippen molar-refractivity contribution in [1.29, 1.82) is 0 Å². The van der Waals surface area contributed by atoms with Crippen molar-refractivity contribution in [2.75, 3.05) is 11.9 Å². The van der Waals surface area contributed by atoms with Crippen molar-refractivity contribution in [3.05, 3.63) is 69.2 Å². The molecule has 0 unspecified atom stereocenters. The molecule has 0 aliphatic rings. The van der Waals surface area contributed by atoms with E-state index in [0.717, 1.165) is 10.2 Å². The Morgan fingerprint density at radius 1 is 1.25 bits per heavy atom. The zero-order chi connectivity index (χ0) is 20.1. The molecular formula is C19H15N3O5S. The Morgan fingerprint density at radius 2 is 2.04 bits per heavy atom. The molecule has 0 atom stereocenters. The summed E-state index contributed by atoms with van der Waals surface area (Å²) in [6.45, 7) is 1.07. The molecule has 142 valence electrons. The van der Waals surface area contributed by atoms with Crippen molar-refractivity contribution >= 4 is 50.9 Å². The largest absolute Gasteiger partial charge is 0.452 e. The van der Waals surface area contributed by atoms with Gasteiger partial charge in [0.1, 0.15) is 10.7 Å². The summed E-state index contributed by atoms with van der Waals surface area (Å²) in [5.74, 6) is -1.38. The molecule has 0 saturated heterocycles. The molecule has 3 aromatic rings. The summed E-state index contributed by atoms with van der Waals surface area (Å²) in [6.07, 6.45) is 2.69. The van der Waals surface area contributed by atoms with Gasteiger partial charge in [0, 0.05) is 12.1 Å². The molecule has 0 fully saturated rings. The summed E-state index contributed by atoms with van der Waals surface area (Å²) in [5.41, 5.74) is 1.22. The van der Waals surface area contributed by atoms with E-state index in [9.17, 15) is 19.7 Å². The van der Waals surface area contributed by atoms with Crippen molar-refractivity contribution in [2.24, 2.45) is 0 Å². The average molecular weight is 397 g/mol. The number of ether oxygens (including phenoxy) is 1. The van der Waals surface area contributed by atoms with Crippen LogP contribution in [0.3, 0.4) is 0 Å². The normalized spacial score (nSPS) is 10.9. The predicted octanol–water partition coefficient (Wildman–Crippen LogP) is 3.71. The van der Waals surface area contributed by atoms with E-state index in [1.807, 2.05) is 24.3 Å². The van der Waals surface area contributed by atoms with Gasteiger partial charge in [-0.15, -0.1) is 11.3 Å². The lowest BCUT2D eigenvalue weighted by molar-refractivity contribution is -0.384. The van der Waals surface area contributed by atoms with Crippen LogP contribution in [0.4, 0.5) is 11.4 Å². The van der Waals surface area contributed by atoms with Crippen LogP contribution in [0.5, 0.6) is 0 Å². The topological polar surface area (TPSA) is 111 Å². The van der Waals surface area contributed by atoms with Gasteiger partial charge in [0.2, 0.25) is 0 Å². The van der Waals surface area contributed by atoms with Crippen molar-refractivity contribution in [3.63, 3.8) is 0 Å². The second-order valence-electron chi connectivity index (χ2n) is 5.74. The number of aromatic nitrogens is 1. The molecule has 0 saturated carbocycles. The minimum Gasteiger partial charge on any atom is -0.452 e. The van der Waals surface area contributed by atoms with Crippen LogP contribution in [0.15, 0.2) is 48.5 Å². The van der Waals surface area contributed by atoms with Crippen LogP contribution in [0.25, 0.3) is 16.3 Å². The fourth-order valence-electron chi connectivity index (χ4n) is 2.43. The fraction of sp³-hybridized carbons (Fsp3) is 0.105. The number of para-hydroxylation sites is 2. The number of nitrogens with one attached hydrogen (secondary N) is 1. The molecule has 0 radical (unpaired) electrons. The number of amides is 1. The fourth-order valence-corrected chi connectivity index (χ4v) is 3.30. The van der Waals surface area contributed by atoms with Gasteiger partial charge >= 0.3 is 5.97 Å². The van der Waals surface area contributed by atoms with E-state index in [1.54, 1.807) is 13.0 Å². The van der Waals surface area contributed by atoms with Crippen LogP contribution < -0.4 is 5.32 Å². The smallest absolute Gasteiger partial charge is 0.331 e. The highest BCUT2D eigenvalue weighted by atomic mass is 32.1. The molecule has 1 heterocycles. The first-order chi connectivity index (χ1) is 13.4. The Morgan fingerprint density at radius 3 is 2.79 bits per heavy atom.